The normalized spacial score (nSPS) is 10.4. The Morgan fingerprint density at radius 2 is 2.05 bits per heavy atom. The number of aliphatic carboxylic acids is 1. The second-order valence-corrected chi connectivity index (χ2v) is 4.53. The first-order valence-electron chi connectivity index (χ1n) is 5.87. The third-order valence-corrected chi connectivity index (χ3v) is 2.56. The molecule has 0 aliphatic carbocycles. The first kappa shape index (κ1) is 14.9. The SMILES string of the molecule is Cc1ccc(NC(=O)N(CC(=O)O)C(C)C)c(F)c1. The van der Waals surface area contributed by atoms with E-state index in [9.17, 15) is 14.0 Å². The van der Waals surface area contributed by atoms with E-state index in [0.29, 0.717) is 0 Å². The number of rotatable bonds is 4. The average Bonchev–Trinajstić information content (AvgIpc) is 2.29. The summed E-state index contributed by atoms with van der Waals surface area (Å²) in [5, 5.41) is 11.1. The molecule has 0 aromatic heterocycles. The van der Waals surface area contributed by atoms with Gasteiger partial charge in [0.1, 0.15) is 12.4 Å². The summed E-state index contributed by atoms with van der Waals surface area (Å²) in [7, 11) is 0. The van der Waals surface area contributed by atoms with E-state index in [2.05, 4.69) is 5.32 Å². The molecule has 0 spiro atoms. The molecule has 0 saturated heterocycles. The first-order chi connectivity index (χ1) is 8.81. The van der Waals surface area contributed by atoms with Crippen molar-refractivity contribution in [2.45, 2.75) is 26.8 Å². The van der Waals surface area contributed by atoms with Gasteiger partial charge < -0.3 is 15.3 Å². The van der Waals surface area contributed by atoms with Gasteiger partial charge in [-0.25, -0.2) is 9.18 Å². The summed E-state index contributed by atoms with van der Waals surface area (Å²) < 4.78 is 13.6. The molecule has 1 rings (SSSR count). The van der Waals surface area contributed by atoms with Gasteiger partial charge in [0.25, 0.3) is 0 Å². The highest BCUT2D eigenvalue weighted by Crippen LogP contribution is 2.16. The van der Waals surface area contributed by atoms with Crippen molar-refractivity contribution in [3.05, 3.63) is 29.6 Å². The standard InChI is InChI=1S/C13H17FN2O3/c1-8(2)16(7-12(17)18)13(19)15-11-5-4-9(3)6-10(11)14/h4-6,8H,7H2,1-3H3,(H,15,19)(H,17,18). The molecule has 6 heteroatoms. The number of nitrogens with one attached hydrogen (secondary N) is 1. The lowest BCUT2D eigenvalue weighted by atomic mass is 10.2. The van der Waals surface area contributed by atoms with E-state index in [1.165, 1.54) is 12.1 Å². The smallest absolute Gasteiger partial charge is 0.323 e. The molecule has 104 valence electrons. The summed E-state index contributed by atoms with van der Waals surface area (Å²) in [6.07, 6.45) is 0. The summed E-state index contributed by atoms with van der Waals surface area (Å²) in [6.45, 7) is 4.68. The zero-order valence-electron chi connectivity index (χ0n) is 11.1. The third-order valence-electron chi connectivity index (χ3n) is 2.56. The zero-order valence-corrected chi connectivity index (χ0v) is 11.1. The van der Waals surface area contributed by atoms with Crippen LogP contribution in [-0.4, -0.2) is 34.6 Å². The van der Waals surface area contributed by atoms with Gasteiger partial charge in [0.05, 0.1) is 5.69 Å². The van der Waals surface area contributed by atoms with Crippen LogP contribution < -0.4 is 5.32 Å². The highest BCUT2D eigenvalue weighted by molar-refractivity contribution is 5.91. The first-order valence-corrected chi connectivity index (χ1v) is 5.87. The number of amides is 2. The van der Waals surface area contributed by atoms with Gasteiger partial charge in [-0.3, -0.25) is 4.79 Å². The molecule has 0 radical (unpaired) electrons. The molecule has 19 heavy (non-hydrogen) atoms. The molecule has 0 saturated carbocycles. The summed E-state index contributed by atoms with van der Waals surface area (Å²) in [4.78, 5) is 23.7. The number of hydrogen-bond donors (Lipinski definition) is 2. The Balaban J connectivity index is 2.84. The predicted octanol–water partition coefficient (Wildman–Crippen LogP) is 2.46. The number of aryl methyl sites for hydroxylation is 1. The summed E-state index contributed by atoms with van der Waals surface area (Å²) in [5.74, 6) is -1.67. The van der Waals surface area contributed by atoms with Crippen molar-refractivity contribution < 1.29 is 19.1 Å². The third kappa shape index (κ3) is 4.24. The van der Waals surface area contributed by atoms with Crippen LogP contribution in [0.25, 0.3) is 0 Å². The Labute approximate surface area is 111 Å². The van der Waals surface area contributed by atoms with Crippen molar-refractivity contribution in [1.82, 2.24) is 4.90 Å². The molecule has 5 nitrogen and oxygen atoms in total. The molecule has 0 fully saturated rings. The maximum Gasteiger partial charge on any atom is 0.323 e. The van der Waals surface area contributed by atoms with Gasteiger partial charge in [-0.05, 0) is 38.5 Å². The van der Waals surface area contributed by atoms with E-state index in [4.69, 9.17) is 5.11 Å². The van der Waals surface area contributed by atoms with Crippen LogP contribution in [0.5, 0.6) is 0 Å². The van der Waals surface area contributed by atoms with Crippen LogP contribution in [0.3, 0.4) is 0 Å². The molecule has 2 amide bonds. The topological polar surface area (TPSA) is 69.6 Å². The van der Waals surface area contributed by atoms with Crippen molar-refractivity contribution in [3.63, 3.8) is 0 Å². The minimum absolute atomic E-state index is 0.0339. The van der Waals surface area contributed by atoms with E-state index in [-0.39, 0.29) is 11.7 Å². The molecule has 0 aliphatic heterocycles. The highest BCUT2D eigenvalue weighted by atomic mass is 19.1. The van der Waals surface area contributed by atoms with E-state index in [0.717, 1.165) is 10.5 Å². The molecule has 0 heterocycles. The fourth-order valence-electron chi connectivity index (χ4n) is 1.54. The maximum absolute atomic E-state index is 13.6. The number of carbonyl (C=O) groups excluding carboxylic acids is 1. The number of nitrogens with zero attached hydrogens (tertiary/aromatic N) is 1. The van der Waals surface area contributed by atoms with Crippen molar-refractivity contribution in [1.29, 1.82) is 0 Å². The Bertz CT molecular complexity index is 489. The number of carboxylic acids is 1. The minimum Gasteiger partial charge on any atom is -0.480 e. The number of carbonyl (C=O) groups is 2. The monoisotopic (exact) mass is 268 g/mol. The molecule has 1 aromatic rings. The van der Waals surface area contributed by atoms with Crippen molar-refractivity contribution in [3.8, 4) is 0 Å². The van der Waals surface area contributed by atoms with E-state index < -0.39 is 24.4 Å². The van der Waals surface area contributed by atoms with E-state index in [1.54, 1.807) is 26.8 Å². The average molecular weight is 268 g/mol. The predicted molar refractivity (Wildman–Crippen MR) is 69.6 cm³/mol. The minimum atomic E-state index is -1.12. The van der Waals surface area contributed by atoms with Gasteiger partial charge in [0.2, 0.25) is 0 Å². The van der Waals surface area contributed by atoms with Crippen LogP contribution in [0.15, 0.2) is 18.2 Å². The fourth-order valence-corrected chi connectivity index (χ4v) is 1.54. The van der Waals surface area contributed by atoms with Gasteiger partial charge in [-0.15, -0.1) is 0 Å². The number of carboxylic acid groups (broad SMARTS) is 1. The number of hydrogen-bond acceptors (Lipinski definition) is 2. The second kappa shape index (κ2) is 6.17. The van der Waals surface area contributed by atoms with Crippen molar-refractivity contribution in [2.75, 3.05) is 11.9 Å². The van der Waals surface area contributed by atoms with Crippen LogP contribution in [0, 0.1) is 12.7 Å². The van der Waals surface area contributed by atoms with Gasteiger partial charge in [-0.2, -0.15) is 0 Å². The van der Waals surface area contributed by atoms with Crippen LogP contribution in [0.4, 0.5) is 14.9 Å². The van der Waals surface area contributed by atoms with Crippen LogP contribution >= 0.6 is 0 Å². The Hall–Kier alpha value is -2.11. The Morgan fingerprint density at radius 1 is 1.42 bits per heavy atom. The second-order valence-electron chi connectivity index (χ2n) is 4.53. The molecular formula is C13H17FN2O3. The lowest BCUT2D eigenvalue weighted by Gasteiger charge is -2.25. The Kier molecular flexibility index (Phi) is 4.86. The molecule has 0 bridgehead atoms. The largest absolute Gasteiger partial charge is 0.480 e. The fraction of sp³-hybridized carbons (Fsp3) is 0.385. The van der Waals surface area contributed by atoms with Crippen molar-refractivity contribution in [2.24, 2.45) is 0 Å². The maximum atomic E-state index is 13.6. The van der Waals surface area contributed by atoms with Gasteiger partial charge >= 0.3 is 12.0 Å². The molecule has 0 atom stereocenters. The lowest BCUT2D eigenvalue weighted by molar-refractivity contribution is -0.137. The summed E-state index contributed by atoms with van der Waals surface area (Å²) in [6, 6.07) is 3.47. The van der Waals surface area contributed by atoms with Crippen LogP contribution in [0.1, 0.15) is 19.4 Å². The molecule has 2 N–H and O–H groups in total. The molecule has 0 aliphatic rings. The number of anilines is 1. The van der Waals surface area contributed by atoms with Crippen LogP contribution in [-0.2, 0) is 4.79 Å². The van der Waals surface area contributed by atoms with Gasteiger partial charge in [0.15, 0.2) is 0 Å². The van der Waals surface area contributed by atoms with Crippen molar-refractivity contribution >= 4 is 17.7 Å². The summed E-state index contributed by atoms with van der Waals surface area (Å²) >= 11 is 0. The van der Waals surface area contributed by atoms with Gasteiger partial charge in [0, 0.05) is 6.04 Å². The number of urea groups is 1. The summed E-state index contributed by atoms with van der Waals surface area (Å²) in [5.41, 5.74) is 0.772. The van der Waals surface area contributed by atoms with E-state index in [1.807, 2.05) is 0 Å². The van der Waals surface area contributed by atoms with Gasteiger partial charge in [-0.1, -0.05) is 6.07 Å². The number of halogens is 1. The molecular weight excluding hydrogens is 251 g/mol. The molecule has 1 aromatic carbocycles. The quantitative estimate of drug-likeness (QED) is 0.881. The molecule has 0 unspecified atom stereocenters. The van der Waals surface area contributed by atoms with E-state index >= 15 is 0 Å². The lowest BCUT2D eigenvalue weighted by Crippen LogP contribution is -2.43. The Morgan fingerprint density at radius 3 is 2.53 bits per heavy atom. The zero-order chi connectivity index (χ0) is 14.6. The number of benzene rings is 1. The van der Waals surface area contributed by atoms with Crippen LogP contribution in [0.2, 0.25) is 0 Å². The highest BCUT2D eigenvalue weighted by Gasteiger charge is 2.20.